The summed E-state index contributed by atoms with van der Waals surface area (Å²) in [6.45, 7) is 1.52. The van der Waals surface area contributed by atoms with Gasteiger partial charge in [-0.15, -0.1) is 0 Å². The van der Waals surface area contributed by atoms with Crippen molar-refractivity contribution >= 4 is 28.3 Å². The number of aromatic amines is 1. The lowest BCUT2D eigenvalue weighted by atomic mass is 9.94. The highest BCUT2D eigenvalue weighted by molar-refractivity contribution is 6.11. The highest BCUT2D eigenvalue weighted by atomic mass is 16.2. The second kappa shape index (κ2) is 3.23. The van der Waals surface area contributed by atoms with Gasteiger partial charge < -0.3 is 20.9 Å². The van der Waals surface area contributed by atoms with Crippen molar-refractivity contribution in [1.82, 2.24) is 15.3 Å². The average Bonchev–Trinajstić information content (AvgIpc) is 3.00. The van der Waals surface area contributed by atoms with Crippen LogP contribution in [0.3, 0.4) is 0 Å². The first-order valence-electron chi connectivity index (χ1n) is 6.05. The fourth-order valence-electron chi connectivity index (χ4n) is 2.77. The molecule has 2 aromatic rings. The van der Waals surface area contributed by atoms with Crippen LogP contribution in [0.5, 0.6) is 0 Å². The molecular formula is C12H13N5O. The van der Waals surface area contributed by atoms with Crippen LogP contribution < -0.4 is 16.0 Å². The molecule has 1 saturated heterocycles. The quantitative estimate of drug-likeness (QED) is 0.548. The molecule has 1 fully saturated rings. The Bertz CT molecular complexity index is 641. The number of carbonyl (C=O) groups is 1. The van der Waals surface area contributed by atoms with E-state index in [1.54, 1.807) is 6.20 Å². The van der Waals surface area contributed by atoms with Crippen molar-refractivity contribution in [3.8, 4) is 0 Å². The van der Waals surface area contributed by atoms with Gasteiger partial charge in [-0.1, -0.05) is 0 Å². The molecule has 2 aliphatic heterocycles. The number of carbonyl (C=O) groups excluding carboxylic acids is 1. The van der Waals surface area contributed by atoms with Crippen LogP contribution in [0.4, 0.5) is 11.4 Å². The van der Waals surface area contributed by atoms with Gasteiger partial charge in [0, 0.05) is 18.1 Å². The number of nitrogens with zero attached hydrogens (tertiary/aromatic N) is 1. The molecule has 0 saturated carbocycles. The summed E-state index contributed by atoms with van der Waals surface area (Å²) in [5.74, 6) is 0.0247. The van der Waals surface area contributed by atoms with E-state index >= 15 is 0 Å². The van der Waals surface area contributed by atoms with Crippen LogP contribution in [0.1, 0.15) is 6.42 Å². The Morgan fingerprint density at radius 3 is 3.17 bits per heavy atom. The minimum atomic E-state index is -0.515. The number of hydrogen-bond acceptors (Lipinski definition) is 4. The average molecular weight is 243 g/mol. The predicted octanol–water partition coefficient (Wildman–Crippen LogP) is 0.659. The van der Waals surface area contributed by atoms with E-state index in [0.717, 1.165) is 35.4 Å². The van der Waals surface area contributed by atoms with Gasteiger partial charge in [-0.05, 0) is 19.0 Å². The number of anilines is 2. The van der Waals surface area contributed by atoms with Crippen LogP contribution >= 0.6 is 0 Å². The largest absolute Gasteiger partial charge is 0.368 e. The number of hydrogen-bond donors (Lipinski definition) is 4. The topological polar surface area (TPSA) is 81.8 Å². The monoisotopic (exact) mass is 243 g/mol. The van der Waals surface area contributed by atoms with Crippen LogP contribution in [-0.4, -0.2) is 34.5 Å². The first-order valence-corrected chi connectivity index (χ1v) is 6.05. The molecule has 92 valence electrons. The summed E-state index contributed by atoms with van der Waals surface area (Å²) in [5.41, 5.74) is 2.03. The molecule has 1 amide bonds. The fourth-order valence-corrected chi connectivity index (χ4v) is 2.77. The maximum atomic E-state index is 12.2. The smallest absolute Gasteiger partial charge is 0.251 e. The second-order valence-corrected chi connectivity index (χ2v) is 4.87. The zero-order valence-corrected chi connectivity index (χ0v) is 9.71. The summed E-state index contributed by atoms with van der Waals surface area (Å²) in [6, 6.07) is 1.97. The summed E-state index contributed by atoms with van der Waals surface area (Å²) >= 11 is 0. The Labute approximate surface area is 103 Å². The third-order valence-corrected chi connectivity index (χ3v) is 3.79. The summed E-state index contributed by atoms with van der Waals surface area (Å²) < 4.78 is 0. The lowest BCUT2D eigenvalue weighted by Gasteiger charge is -2.35. The van der Waals surface area contributed by atoms with Crippen LogP contribution in [0.25, 0.3) is 11.0 Å². The summed E-state index contributed by atoms with van der Waals surface area (Å²) in [6.07, 6.45) is 4.34. The molecule has 0 bridgehead atoms. The molecule has 2 aromatic heterocycles. The van der Waals surface area contributed by atoms with Gasteiger partial charge in [-0.3, -0.25) is 4.79 Å². The van der Waals surface area contributed by atoms with Crippen LogP contribution in [-0.2, 0) is 4.79 Å². The number of nitrogens with one attached hydrogen (secondary N) is 4. The minimum Gasteiger partial charge on any atom is -0.368 e. The maximum absolute atomic E-state index is 12.2. The number of H-pyrrole nitrogens is 1. The molecule has 4 N–H and O–H groups in total. The Kier molecular flexibility index (Phi) is 1.78. The zero-order valence-electron chi connectivity index (χ0n) is 9.71. The van der Waals surface area contributed by atoms with Gasteiger partial charge in [-0.2, -0.15) is 0 Å². The van der Waals surface area contributed by atoms with Crippen molar-refractivity contribution in [3.05, 3.63) is 18.5 Å². The van der Waals surface area contributed by atoms with Gasteiger partial charge in [0.15, 0.2) is 0 Å². The number of pyridine rings is 1. The highest BCUT2D eigenvalue weighted by Crippen LogP contribution is 2.37. The molecule has 2 aliphatic rings. The molecule has 0 aliphatic carbocycles. The van der Waals surface area contributed by atoms with E-state index in [1.807, 2.05) is 12.3 Å². The van der Waals surface area contributed by atoms with Gasteiger partial charge in [0.2, 0.25) is 0 Å². The predicted molar refractivity (Wildman–Crippen MR) is 68.6 cm³/mol. The SMILES string of the molecule is O=C1Nc2cnc3[nH]ccc3c2NC12CCNC2. The third-order valence-electron chi connectivity index (χ3n) is 3.79. The van der Waals surface area contributed by atoms with E-state index in [2.05, 4.69) is 25.9 Å². The van der Waals surface area contributed by atoms with Crippen LogP contribution in [0.2, 0.25) is 0 Å². The van der Waals surface area contributed by atoms with E-state index < -0.39 is 5.54 Å². The molecule has 4 rings (SSSR count). The van der Waals surface area contributed by atoms with Gasteiger partial charge >= 0.3 is 0 Å². The second-order valence-electron chi connectivity index (χ2n) is 4.87. The summed E-state index contributed by atoms with van der Waals surface area (Å²) in [5, 5.41) is 10.6. The van der Waals surface area contributed by atoms with Crippen molar-refractivity contribution in [2.24, 2.45) is 0 Å². The number of fused-ring (bicyclic) bond motifs is 3. The Balaban J connectivity index is 1.91. The fraction of sp³-hybridized carbons (Fsp3) is 0.333. The molecule has 6 heteroatoms. The van der Waals surface area contributed by atoms with Gasteiger partial charge in [0.25, 0.3) is 5.91 Å². The van der Waals surface area contributed by atoms with Gasteiger partial charge in [-0.25, -0.2) is 4.98 Å². The van der Waals surface area contributed by atoms with Crippen LogP contribution in [0.15, 0.2) is 18.5 Å². The van der Waals surface area contributed by atoms with Crippen molar-refractivity contribution in [2.75, 3.05) is 23.7 Å². The first kappa shape index (κ1) is 9.90. The molecule has 0 aromatic carbocycles. The van der Waals surface area contributed by atoms with Crippen LogP contribution in [0, 0.1) is 0 Å². The van der Waals surface area contributed by atoms with E-state index in [-0.39, 0.29) is 5.91 Å². The molecule has 18 heavy (non-hydrogen) atoms. The molecule has 1 spiro atoms. The van der Waals surface area contributed by atoms with Gasteiger partial charge in [0.05, 0.1) is 17.6 Å². The van der Waals surface area contributed by atoms with Crippen molar-refractivity contribution < 1.29 is 4.79 Å². The molecule has 0 radical (unpaired) electrons. The van der Waals surface area contributed by atoms with Gasteiger partial charge in [0.1, 0.15) is 11.2 Å². The normalized spacial score (nSPS) is 26.1. The number of amides is 1. The van der Waals surface area contributed by atoms with E-state index in [0.29, 0.717) is 6.54 Å². The van der Waals surface area contributed by atoms with Crippen molar-refractivity contribution in [2.45, 2.75) is 12.0 Å². The standard InChI is InChI=1S/C12H13N5O/c18-11-12(2-4-13-6-12)17-9-7-1-3-14-10(7)15-5-8(9)16-11/h1,3,5,13,17H,2,4,6H2,(H,14,15)(H,16,18). The van der Waals surface area contributed by atoms with E-state index in [1.165, 1.54) is 0 Å². The molecule has 1 unspecified atom stereocenters. The maximum Gasteiger partial charge on any atom is 0.251 e. The zero-order chi connectivity index (χ0) is 12.2. The van der Waals surface area contributed by atoms with Crippen molar-refractivity contribution in [3.63, 3.8) is 0 Å². The third kappa shape index (κ3) is 1.15. The first-order chi connectivity index (χ1) is 8.78. The lowest BCUT2D eigenvalue weighted by molar-refractivity contribution is -0.120. The Morgan fingerprint density at radius 2 is 2.33 bits per heavy atom. The minimum absolute atomic E-state index is 0.0247. The summed E-state index contributed by atoms with van der Waals surface area (Å²) in [7, 11) is 0. The van der Waals surface area contributed by atoms with Crippen molar-refractivity contribution in [1.29, 1.82) is 0 Å². The molecule has 4 heterocycles. The number of aromatic nitrogens is 2. The van der Waals surface area contributed by atoms with E-state index in [4.69, 9.17) is 0 Å². The Hall–Kier alpha value is -2.08. The molecule has 1 atom stereocenters. The lowest BCUT2D eigenvalue weighted by Crippen LogP contribution is -2.54. The van der Waals surface area contributed by atoms with E-state index in [9.17, 15) is 4.79 Å². The molecule has 6 nitrogen and oxygen atoms in total. The number of rotatable bonds is 0. The Morgan fingerprint density at radius 1 is 1.39 bits per heavy atom. The summed E-state index contributed by atoms with van der Waals surface area (Å²) in [4.78, 5) is 19.6. The highest BCUT2D eigenvalue weighted by Gasteiger charge is 2.44. The molecular weight excluding hydrogens is 230 g/mol.